The van der Waals surface area contributed by atoms with Crippen molar-refractivity contribution in [3.05, 3.63) is 69.5 Å². The van der Waals surface area contributed by atoms with Crippen molar-refractivity contribution in [2.45, 2.75) is 24.5 Å². The summed E-state index contributed by atoms with van der Waals surface area (Å²) in [5.41, 5.74) is -0.0441. The lowest BCUT2D eigenvalue weighted by molar-refractivity contribution is -0.145. The number of aromatic nitrogens is 2. The van der Waals surface area contributed by atoms with Crippen LogP contribution in [0.15, 0.2) is 52.2 Å². The molecule has 0 amide bonds. The van der Waals surface area contributed by atoms with Crippen LogP contribution in [0.25, 0.3) is 10.9 Å². The summed E-state index contributed by atoms with van der Waals surface area (Å²) in [6.07, 6.45) is -0.315. The third-order valence-electron chi connectivity index (χ3n) is 4.35. The van der Waals surface area contributed by atoms with Gasteiger partial charge in [-0.05, 0) is 30.3 Å². The van der Waals surface area contributed by atoms with E-state index >= 15 is 0 Å². The van der Waals surface area contributed by atoms with E-state index in [9.17, 15) is 22.4 Å². The highest BCUT2D eigenvalue weighted by molar-refractivity contribution is 7.89. The van der Waals surface area contributed by atoms with Gasteiger partial charge >= 0.3 is 5.97 Å². The van der Waals surface area contributed by atoms with E-state index in [0.717, 1.165) is 22.8 Å². The van der Waals surface area contributed by atoms with Gasteiger partial charge in [-0.2, -0.15) is 5.26 Å². The summed E-state index contributed by atoms with van der Waals surface area (Å²) in [5.74, 6) is -1.42. The van der Waals surface area contributed by atoms with Gasteiger partial charge in [-0.3, -0.25) is 14.2 Å². The third kappa shape index (κ3) is 5.28. The minimum absolute atomic E-state index is 0.0881. The zero-order chi connectivity index (χ0) is 23.3. The molecular formula is C20H16ClFN4O5S. The molecule has 1 N–H and O–H groups in total. The molecule has 3 rings (SSSR count). The van der Waals surface area contributed by atoms with Crippen LogP contribution in [0, 0.1) is 17.1 Å². The quantitative estimate of drug-likeness (QED) is 0.490. The van der Waals surface area contributed by atoms with E-state index in [0.29, 0.717) is 10.9 Å². The fourth-order valence-corrected chi connectivity index (χ4v) is 4.09. The van der Waals surface area contributed by atoms with Gasteiger partial charge < -0.3 is 4.74 Å². The number of hydrogen-bond acceptors (Lipinski definition) is 7. The van der Waals surface area contributed by atoms with Gasteiger partial charge in [0.15, 0.2) is 5.82 Å². The molecule has 0 aliphatic rings. The van der Waals surface area contributed by atoms with Crippen molar-refractivity contribution in [3.8, 4) is 6.07 Å². The van der Waals surface area contributed by atoms with E-state index in [1.54, 1.807) is 24.3 Å². The Morgan fingerprint density at radius 2 is 2.03 bits per heavy atom. The first-order chi connectivity index (χ1) is 15.2. The number of ether oxygens (including phenoxy) is 1. The molecule has 0 saturated heterocycles. The van der Waals surface area contributed by atoms with Crippen molar-refractivity contribution < 1.29 is 22.3 Å². The summed E-state index contributed by atoms with van der Waals surface area (Å²) in [6, 6.07) is 11.3. The molecule has 166 valence electrons. The molecule has 0 atom stereocenters. The molecule has 12 heteroatoms. The van der Waals surface area contributed by atoms with Crippen molar-refractivity contribution in [1.82, 2.24) is 14.3 Å². The van der Waals surface area contributed by atoms with E-state index in [2.05, 4.69) is 9.71 Å². The molecule has 32 heavy (non-hydrogen) atoms. The Hall–Kier alpha value is -3.33. The summed E-state index contributed by atoms with van der Waals surface area (Å²) in [4.78, 5) is 28.6. The smallest absolute Gasteiger partial charge is 0.307 e. The molecule has 3 aromatic rings. The van der Waals surface area contributed by atoms with E-state index in [4.69, 9.17) is 21.6 Å². The zero-order valence-corrected chi connectivity index (χ0v) is 18.0. The van der Waals surface area contributed by atoms with Gasteiger partial charge in [0.1, 0.15) is 19.0 Å². The summed E-state index contributed by atoms with van der Waals surface area (Å²) in [5, 5.41) is 8.98. The topological polar surface area (TPSA) is 131 Å². The van der Waals surface area contributed by atoms with Crippen LogP contribution in [-0.4, -0.2) is 30.5 Å². The Morgan fingerprint density at radius 1 is 1.28 bits per heavy atom. The fraction of sp³-hybridized carbons (Fsp3) is 0.200. The number of halogens is 2. The lowest BCUT2D eigenvalue weighted by Crippen LogP contribution is -2.28. The maximum atomic E-state index is 13.2. The van der Waals surface area contributed by atoms with Crippen LogP contribution < -0.4 is 10.3 Å². The molecule has 2 aromatic carbocycles. The van der Waals surface area contributed by atoms with Gasteiger partial charge in [-0.15, -0.1) is 0 Å². The summed E-state index contributed by atoms with van der Waals surface area (Å²) in [6.45, 7) is -0.934. The highest BCUT2D eigenvalue weighted by Crippen LogP contribution is 2.19. The summed E-state index contributed by atoms with van der Waals surface area (Å²) in [7, 11) is -4.01. The highest BCUT2D eigenvalue weighted by Gasteiger charge is 2.17. The number of nitrogens with zero attached hydrogens (tertiary/aromatic N) is 3. The summed E-state index contributed by atoms with van der Waals surface area (Å²) < 4.78 is 46.0. The Balaban J connectivity index is 1.63. The average Bonchev–Trinajstić information content (AvgIpc) is 2.76. The van der Waals surface area contributed by atoms with Crippen molar-refractivity contribution in [1.29, 1.82) is 5.26 Å². The molecule has 0 unspecified atom stereocenters. The number of fused-ring (bicyclic) bond motifs is 1. The number of nitriles is 1. The Bertz CT molecular complexity index is 1380. The molecule has 0 aliphatic heterocycles. The predicted molar refractivity (Wildman–Crippen MR) is 113 cm³/mol. The van der Waals surface area contributed by atoms with Gasteiger partial charge in [0.25, 0.3) is 5.56 Å². The molecule has 0 spiro atoms. The second kappa shape index (κ2) is 9.86. The first kappa shape index (κ1) is 23.3. The van der Waals surface area contributed by atoms with Gasteiger partial charge in [0, 0.05) is 6.54 Å². The van der Waals surface area contributed by atoms with Crippen LogP contribution in [0.3, 0.4) is 0 Å². The van der Waals surface area contributed by atoms with Gasteiger partial charge in [0.2, 0.25) is 10.0 Å². The number of sulfonamides is 1. The van der Waals surface area contributed by atoms with Gasteiger partial charge in [-0.25, -0.2) is 22.5 Å². The molecule has 1 aromatic heterocycles. The molecule has 0 radical (unpaired) electrons. The van der Waals surface area contributed by atoms with Crippen molar-refractivity contribution in [2.24, 2.45) is 0 Å². The monoisotopic (exact) mass is 478 g/mol. The maximum absolute atomic E-state index is 13.2. The Morgan fingerprint density at radius 3 is 2.75 bits per heavy atom. The SMILES string of the molecule is N#CCn1c(COC(=O)CCNS(=O)(=O)c2ccc(F)c(Cl)c2)nc2ccccc2c1=O. The standard InChI is InChI=1S/C20H16ClFN4O5S/c21-15-11-13(5-6-16(15)22)32(29,30)24-9-7-19(27)31-12-18-25-17-4-2-1-3-14(17)20(28)26(18)10-8-23/h1-6,11,24H,7,9-10,12H2. The molecular weight excluding hydrogens is 463 g/mol. The number of carbonyl (C=O) groups is 1. The zero-order valence-electron chi connectivity index (χ0n) is 16.4. The normalized spacial score (nSPS) is 11.3. The first-order valence-corrected chi connectivity index (χ1v) is 11.0. The number of hydrogen-bond donors (Lipinski definition) is 1. The van der Waals surface area contributed by atoms with E-state index in [1.165, 1.54) is 0 Å². The third-order valence-corrected chi connectivity index (χ3v) is 6.10. The molecule has 0 saturated carbocycles. The number of rotatable bonds is 8. The summed E-state index contributed by atoms with van der Waals surface area (Å²) >= 11 is 5.59. The van der Waals surface area contributed by atoms with Crippen LogP contribution >= 0.6 is 11.6 Å². The lowest BCUT2D eigenvalue weighted by Gasteiger charge is -2.11. The van der Waals surface area contributed by atoms with Crippen molar-refractivity contribution in [2.75, 3.05) is 6.54 Å². The molecule has 0 bridgehead atoms. The molecule has 0 fully saturated rings. The van der Waals surface area contributed by atoms with Crippen molar-refractivity contribution >= 4 is 38.5 Å². The van der Waals surface area contributed by atoms with Crippen LogP contribution in [0.5, 0.6) is 0 Å². The van der Waals surface area contributed by atoms with E-state index in [1.807, 2.05) is 6.07 Å². The second-order valence-corrected chi connectivity index (χ2v) is 8.65. The maximum Gasteiger partial charge on any atom is 0.307 e. The first-order valence-electron chi connectivity index (χ1n) is 9.18. The molecule has 1 heterocycles. The Labute approximate surface area is 187 Å². The van der Waals surface area contributed by atoms with Crippen molar-refractivity contribution in [3.63, 3.8) is 0 Å². The predicted octanol–water partition coefficient (Wildman–Crippen LogP) is 2.12. The minimum atomic E-state index is -4.01. The number of nitrogens with one attached hydrogen (secondary N) is 1. The number of para-hydroxylation sites is 1. The number of esters is 1. The highest BCUT2D eigenvalue weighted by atomic mass is 35.5. The molecule has 9 nitrogen and oxygen atoms in total. The molecule has 0 aliphatic carbocycles. The van der Waals surface area contributed by atoms with Crippen LogP contribution in [0.4, 0.5) is 4.39 Å². The Kier molecular flexibility index (Phi) is 7.19. The van der Waals surface area contributed by atoms with Gasteiger partial charge in [-0.1, -0.05) is 23.7 Å². The number of carbonyl (C=O) groups excluding carboxylic acids is 1. The van der Waals surface area contributed by atoms with Crippen LogP contribution in [-0.2, 0) is 32.7 Å². The van der Waals surface area contributed by atoms with Crippen LogP contribution in [0.2, 0.25) is 5.02 Å². The fourth-order valence-electron chi connectivity index (χ4n) is 2.79. The largest absolute Gasteiger partial charge is 0.457 e. The lowest BCUT2D eigenvalue weighted by atomic mass is 10.2. The second-order valence-electron chi connectivity index (χ2n) is 6.48. The minimum Gasteiger partial charge on any atom is -0.457 e. The van der Waals surface area contributed by atoms with E-state index in [-0.39, 0.29) is 41.9 Å². The average molecular weight is 479 g/mol. The number of benzene rings is 2. The van der Waals surface area contributed by atoms with E-state index < -0.39 is 27.4 Å². The van der Waals surface area contributed by atoms with Crippen LogP contribution in [0.1, 0.15) is 12.2 Å². The van der Waals surface area contributed by atoms with Gasteiger partial charge in [0.05, 0.1) is 33.3 Å².